The fourth-order valence-electron chi connectivity index (χ4n) is 5.22. The van der Waals surface area contributed by atoms with Crippen molar-refractivity contribution in [2.24, 2.45) is 0 Å². The van der Waals surface area contributed by atoms with Gasteiger partial charge in [0.05, 0.1) is 37.5 Å². The molecule has 0 fully saturated rings. The predicted molar refractivity (Wildman–Crippen MR) is 146 cm³/mol. The van der Waals surface area contributed by atoms with Crippen LogP contribution in [0.15, 0.2) is 57.3 Å². The van der Waals surface area contributed by atoms with E-state index in [1.807, 2.05) is 32.0 Å². The number of hydrogen-bond acceptors (Lipinski definition) is 8. The molecule has 0 amide bonds. The molecule has 38 heavy (non-hydrogen) atoms. The molecule has 2 aliphatic rings. The number of carbonyl (C=O) groups is 2. The van der Waals surface area contributed by atoms with Gasteiger partial charge in [-0.3, -0.25) is 4.79 Å². The minimum Gasteiger partial charge on any atom is -0.503 e. The Kier molecular flexibility index (Phi) is 8.35. The summed E-state index contributed by atoms with van der Waals surface area (Å²) in [6, 6.07) is 9.10. The number of benzene rings is 2. The highest BCUT2D eigenvalue weighted by Crippen LogP contribution is 2.48. The van der Waals surface area contributed by atoms with Crippen molar-refractivity contribution in [3.8, 4) is 23.0 Å². The fourth-order valence-corrected chi connectivity index (χ4v) is 5.68. The Morgan fingerprint density at radius 2 is 1.74 bits per heavy atom. The van der Waals surface area contributed by atoms with Crippen molar-refractivity contribution in [1.29, 1.82) is 0 Å². The van der Waals surface area contributed by atoms with Gasteiger partial charge in [-0.2, -0.15) is 0 Å². The molecule has 8 nitrogen and oxygen atoms in total. The SMILES string of the molecule is CCOC(=O)C1=C(C)NC2=C(C(=O)C[C@H](c3ccc(OC)c(OC)c3)C2)[C@H]1c1cc(Br)c(O)c(OCC)c1. The lowest BCUT2D eigenvalue weighted by Gasteiger charge is -2.37. The van der Waals surface area contributed by atoms with Crippen molar-refractivity contribution >= 4 is 27.7 Å². The Balaban J connectivity index is 1.83. The van der Waals surface area contributed by atoms with Gasteiger partial charge in [0.25, 0.3) is 0 Å². The quantitative estimate of drug-likeness (QED) is 0.392. The molecule has 2 N–H and O–H groups in total. The molecule has 0 aromatic heterocycles. The zero-order chi connectivity index (χ0) is 27.6. The molecule has 202 valence electrons. The van der Waals surface area contributed by atoms with Crippen molar-refractivity contribution in [1.82, 2.24) is 5.32 Å². The van der Waals surface area contributed by atoms with Crippen LogP contribution < -0.4 is 19.5 Å². The molecular weight excluding hydrogens is 554 g/mol. The van der Waals surface area contributed by atoms with Gasteiger partial charge in [0, 0.05) is 29.3 Å². The first-order valence-electron chi connectivity index (χ1n) is 12.5. The number of phenols is 1. The lowest BCUT2D eigenvalue weighted by molar-refractivity contribution is -0.138. The van der Waals surface area contributed by atoms with Gasteiger partial charge in [-0.15, -0.1) is 0 Å². The third-order valence-electron chi connectivity index (χ3n) is 6.89. The molecule has 1 heterocycles. The van der Waals surface area contributed by atoms with Crippen LogP contribution >= 0.6 is 15.9 Å². The smallest absolute Gasteiger partial charge is 0.336 e. The molecule has 0 radical (unpaired) electrons. The van der Waals surface area contributed by atoms with E-state index in [1.54, 1.807) is 33.3 Å². The highest BCUT2D eigenvalue weighted by molar-refractivity contribution is 9.10. The lowest BCUT2D eigenvalue weighted by atomic mass is 9.71. The monoisotopic (exact) mass is 585 g/mol. The molecule has 1 aliphatic carbocycles. The van der Waals surface area contributed by atoms with E-state index in [0.29, 0.717) is 51.4 Å². The highest BCUT2D eigenvalue weighted by Gasteiger charge is 2.42. The van der Waals surface area contributed by atoms with Crippen LogP contribution in [0.5, 0.6) is 23.0 Å². The summed E-state index contributed by atoms with van der Waals surface area (Å²) < 4.78 is 22.3. The number of ether oxygens (including phenoxy) is 4. The molecular formula is C29H32BrNO7. The Hall–Kier alpha value is -3.46. The molecule has 0 saturated carbocycles. The third kappa shape index (κ3) is 5.12. The standard InChI is InChI=1S/C29H32BrNO7/c1-6-37-24-14-18(10-19(30)28(24)33)26-25(29(34)38-7-2)15(3)31-20-11-17(12-21(32)27(20)26)16-8-9-22(35-4)23(13-16)36-5/h8-10,13-14,17,26,31,33H,6-7,11-12H2,1-5H3/t17-,26+/m1/s1. The van der Waals surface area contributed by atoms with Gasteiger partial charge in [0.15, 0.2) is 28.8 Å². The maximum absolute atomic E-state index is 13.8. The molecule has 0 bridgehead atoms. The molecule has 4 rings (SSSR count). The summed E-state index contributed by atoms with van der Waals surface area (Å²) in [4.78, 5) is 27.0. The largest absolute Gasteiger partial charge is 0.503 e. The van der Waals surface area contributed by atoms with Gasteiger partial charge in [-0.25, -0.2) is 4.79 Å². The Labute approximate surface area is 230 Å². The Morgan fingerprint density at radius 1 is 1.03 bits per heavy atom. The van der Waals surface area contributed by atoms with Crippen LogP contribution in [-0.2, 0) is 14.3 Å². The highest BCUT2D eigenvalue weighted by atomic mass is 79.9. The number of allylic oxidation sites excluding steroid dienone is 3. The summed E-state index contributed by atoms with van der Waals surface area (Å²) in [5.74, 6) is 0.119. The van der Waals surface area contributed by atoms with Crippen molar-refractivity contribution in [2.75, 3.05) is 27.4 Å². The summed E-state index contributed by atoms with van der Waals surface area (Å²) in [5.41, 5.74) is 3.88. The minimum absolute atomic E-state index is 0.0411. The number of halogens is 1. The third-order valence-corrected chi connectivity index (χ3v) is 7.49. The Bertz CT molecular complexity index is 1330. The second-order valence-electron chi connectivity index (χ2n) is 9.13. The summed E-state index contributed by atoms with van der Waals surface area (Å²) in [6.07, 6.45) is 0.831. The molecule has 2 atom stereocenters. The number of Topliss-reactive ketones (excluding diaryl/α,β-unsaturated/α-hetero) is 1. The maximum atomic E-state index is 13.8. The van der Waals surface area contributed by atoms with Crippen LogP contribution in [0.4, 0.5) is 0 Å². The zero-order valence-corrected chi connectivity index (χ0v) is 23.7. The first kappa shape index (κ1) is 27.6. The molecule has 0 spiro atoms. The number of phenolic OH excluding ortho intramolecular Hbond substituents is 1. The number of nitrogens with one attached hydrogen (secondary N) is 1. The minimum atomic E-state index is -0.680. The van der Waals surface area contributed by atoms with Crippen LogP contribution in [-0.4, -0.2) is 44.3 Å². The van der Waals surface area contributed by atoms with Crippen molar-refractivity contribution < 1.29 is 33.6 Å². The van der Waals surface area contributed by atoms with E-state index in [1.165, 1.54) is 0 Å². The average molecular weight is 586 g/mol. The number of esters is 1. The number of hydrogen-bond donors (Lipinski definition) is 2. The van der Waals surface area contributed by atoms with Crippen LogP contribution in [0, 0.1) is 0 Å². The number of aromatic hydroxyl groups is 1. The molecule has 2 aromatic rings. The van der Waals surface area contributed by atoms with Crippen LogP contribution in [0.25, 0.3) is 0 Å². The Morgan fingerprint density at radius 3 is 2.39 bits per heavy atom. The van der Waals surface area contributed by atoms with Gasteiger partial charge >= 0.3 is 5.97 Å². The number of ketones is 1. The summed E-state index contributed by atoms with van der Waals surface area (Å²) in [7, 11) is 3.17. The van der Waals surface area contributed by atoms with Gasteiger partial charge in [0.2, 0.25) is 0 Å². The van der Waals surface area contributed by atoms with Crippen molar-refractivity contribution in [2.45, 2.75) is 45.4 Å². The zero-order valence-electron chi connectivity index (χ0n) is 22.1. The van der Waals surface area contributed by atoms with Gasteiger partial charge < -0.3 is 29.4 Å². The van der Waals surface area contributed by atoms with E-state index in [2.05, 4.69) is 21.2 Å². The normalized spacial score (nSPS) is 19.1. The van der Waals surface area contributed by atoms with Crippen molar-refractivity contribution in [3.63, 3.8) is 0 Å². The first-order chi connectivity index (χ1) is 18.2. The molecule has 2 aromatic carbocycles. The van der Waals surface area contributed by atoms with E-state index >= 15 is 0 Å². The molecule has 1 aliphatic heterocycles. The van der Waals surface area contributed by atoms with Gasteiger partial charge in [-0.05, 0) is 84.4 Å². The van der Waals surface area contributed by atoms with Crippen LogP contribution in [0.3, 0.4) is 0 Å². The molecule has 0 unspecified atom stereocenters. The van der Waals surface area contributed by atoms with Crippen molar-refractivity contribution in [3.05, 3.63) is 68.5 Å². The first-order valence-corrected chi connectivity index (χ1v) is 13.3. The fraction of sp³-hybridized carbons (Fsp3) is 0.379. The van der Waals surface area contributed by atoms with Gasteiger partial charge in [0.1, 0.15) is 0 Å². The molecule has 0 saturated heterocycles. The van der Waals surface area contributed by atoms with E-state index < -0.39 is 11.9 Å². The second kappa shape index (κ2) is 11.5. The van der Waals surface area contributed by atoms with Crippen LogP contribution in [0.1, 0.15) is 56.6 Å². The van der Waals surface area contributed by atoms with E-state index in [9.17, 15) is 14.7 Å². The average Bonchev–Trinajstić information content (AvgIpc) is 2.89. The number of rotatable bonds is 8. The van der Waals surface area contributed by atoms with E-state index in [-0.39, 0.29) is 36.2 Å². The molecule has 9 heteroatoms. The number of methoxy groups -OCH3 is 2. The predicted octanol–water partition coefficient (Wildman–Crippen LogP) is 5.50. The summed E-state index contributed by atoms with van der Waals surface area (Å²) in [5, 5.41) is 13.8. The number of carbonyl (C=O) groups excluding carboxylic acids is 2. The van der Waals surface area contributed by atoms with Gasteiger partial charge in [-0.1, -0.05) is 6.07 Å². The second-order valence-corrected chi connectivity index (χ2v) is 9.99. The number of dihydropyridines is 1. The summed E-state index contributed by atoms with van der Waals surface area (Å²) >= 11 is 3.40. The van der Waals surface area contributed by atoms with E-state index in [4.69, 9.17) is 18.9 Å². The lowest BCUT2D eigenvalue weighted by Crippen LogP contribution is -2.36. The van der Waals surface area contributed by atoms with E-state index in [0.717, 1.165) is 11.3 Å². The maximum Gasteiger partial charge on any atom is 0.336 e. The topological polar surface area (TPSA) is 103 Å². The van der Waals surface area contributed by atoms with Crippen LogP contribution in [0.2, 0.25) is 0 Å². The summed E-state index contributed by atoms with van der Waals surface area (Å²) in [6.45, 7) is 5.92.